The fraction of sp³-hybridized carbons (Fsp3) is 0.286. The van der Waals surface area contributed by atoms with Crippen LogP contribution in [0.5, 0.6) is 0 Å². The lowest BCUT2D eigenvalue weighted by molar-refractivity contribution is -0.128. The van der Waals surface area contributed by atoms with Crippen molar-refractivity contribution < 1.29 is 4.79 Å². The number of anilines is 1. The number of nitrogens with zero attached hydrogens (tertiary/aromatic N) is 5. The summed E-state index contributed by atoms with van der Waals surface area (Å²) in [4.78, 5) is 25.6. The van der Waals surface area contributed by atoms with E-state index in [0.717, 1.165) is 29.8 Å². The number of hydrogen-bond acceptors (Lipinski definition) is 5. The fourth-order valence-electron chi connectivity index (χ4n) is 3.37. The van der Waals surface area contributed by atoms with Gasteiger partial charge in [-0.1, -0.05) is 41.6 Å². The van der Waals surface area contributed by atoms with Crippen LogP contribution in [0.4, 0.5) is 5.82 Å². The summed E-state index contributed by atoms with van der Waals surface area (Å²) in [5.74, 6) is 1.41. The van der Waals surface area contributed by atoms with Crippen LogP contribution in [0.15, 0.2) is 60.1 Å². The monoisotopic (exact) mass is 427 g/mol. The lowest BCUT2D eigenvalue weighted by atomic mass is 10.2. The SMILES string of the molecule is Cc1ccccc1-n1ccnc1SCC(=O)N1CCN(c2ccc(Cl)cn2)CC1. The first-order valence-corrected chi connectivity index (χ1v) is 10.8. The van der Waals surface area contributed by atoms with Gasteiger partial charge in [0.15, 0.2) is 5.16 Å². The van der Waals surface area contributed by atoms with Gasteiger partial charge >= 0.3 is 0 Å². The first kappa shape index (κ1) is 19.8. The maximum absolute atomic E-state index is 12.7. The van der Waals surface area contributed by atoms with Crippen molar-refractivity contribution in [1.82, 2.24) is 19.4 Å². The van der Waals surface area contributed by atoms with E-state index in [-0.39, 0.29) is 5.91 Å². The molecule has 4 rings (SSSR count). The van der Waals surface area contributed by atoms with E-state index in [4.69, 9.17) is 11.6 Å². The van der Waals surface area contributed by atoms with Crippen molar-refractivity contribution in [3.05, 3.63) is 65.6 Å². The van der Waals surface area contributed by atoms with Gasteiger partial charge in [-0.15, -0.1) is 0 Å². The Labute approximate surface area is 179 Å². The Hall–Kier alpha value is -2.51. The lowest BCUT2D eigenvalue weighted by Gasteiger charge is -2.35. The van der Waals surface area contributed by atoms with Gasteiger partial charge in [0.1, 0.15) is 5.82 Å². The number of amides is 1. The van der Waals surface area contributed by atoms with Crippen LogP contribution in [0.25, 0.3) is 5.69 Å². The average molecular weight is 428 g/mol. The third-order valence-electron chi connectivity index (χ3n) is 4.97. The number of pyridine rings is 1. The summed E-state index contributed by atoms with van der Waals surface area (Å²) >= 11 is 7.39. The van der Waals surface area contributed by atoms with Gasteiger partial charge in [0.25, 0.3) is 0 Å². The average Bonchev–Trinajstić information content (AvgIpc) is 3.21. The number of hydrogen-bond donors (Lipinski definition) is 0. The van der Waals surface area contributed by atoms with Gasteiger partial charge in [-0.3, -0.25) is 9.36 Å². The van der Waals surface area contributed by atoms with Gasteiger partial charge in [-0.05, 0) is 30.7 Å². The van der Waals surface area contributed by atoms with Gasteiger partial charge in [-0.25, -0.2) is 9.97 Å². The van der Waals surface area contributed by atoms with Crippen molar-refractivity contribution in [2.75, 3.05) is 36.8 Å². The Morgan fingerprint density at radius 1 is 1.10 bits per heavy atom. The minimum Gasteiger partial charge on any atom is -0.353 e. The quantitative estimate of drug-likeness (QED) is 0.581. The molecule has 1 aliphatic rings. The molecule has 1 fully saturated rings. The van der Waals surface area contributed by atoms with Crippen molar-refractivity contribution in [2.45, 2.75) is 12.1 Å². The minimum atomic E-state index is 0.137. The molecule has 0 aliphatic carbocycles. The Balaban J connectivity index is 1.33. The van der Waals surface area contributed by atoms with Gasteiger partial charge < -0.3 is 9.80 Å². The van der Waals surface area contributed by atoms with Crippen molar-refractivity contribution in [2.24, 2.45) is 0 Å². The number of benzene rings is 1. The number of rotatable bonds is 5. The van der Waals surface area contributed by atoms with Crippen LogP contribution >= 0.6 is 23.4 Å². The normalized spacial score (nSPS) is 14.3. The number of piperazine rings is 1. The molecule has 1 amide bonds. The molecular formula is C21H22ClN5OS. The number of carbonyl (C=O) groups is 1. The van der Waals surface area contributed by atoms with Crippen LogP contribution in [0.3, 0.4) is 0 Å². The van der Waals surface area contributed by atoms with Crippen molar-refractivity contribution in [3.8, 4) is 5.69 Å². The van der Waals surface area contributed by atoms with Crippen LogP contribution in [-0.4, -0.2) is 57.3 Å². The van der Waals surface area contributed by atoms with E-state index in [1.807, 2.05) is 39.9 Å². The summed E-state index contributed by atoms with van der Waals surface area (Å²) < 4.78 is 2.04. The number of halogens is 1. The van der Waals surface area contributed by atoms with E-state index in [1.54, 1.807) is 12.4 Å². The van der Waals surface area contributed by atoms with E-state index in [0.29, 0.717) is 23.9 Å². The van der Waals surface area contributed by atoms with Crippen molar-refractivity contribution in [1.29, 1.82) is 0 Å². The van der Waals surface area contributed by atoms with Crippen LogP contribution < -0.4 is 4.90 Å². The third-order valence-corrected chi connectivity index (χ3v) is 6.15. The zero-order valence-corrected chi connectivity index (χ0v) is 17.7. The zero-order chi connectivity index (χ0) is 20.2. The Morgan fingerprint density at radius 3 is 2.62 bits per heavy atom. The van der Waals surface area contributed by atoms with Crippen LogP contribution in [0.2, 0.25) is 5.02 Å². The van der Waals surface area contributed by atoms with Gasteiger partial charge in [-0.2, -0.15) is 0 Å². The molecule has 0 saturated carbocycles. The second-order valence-corrected chi connectivity index (χ2v) is 8.24. The third kappa shape index (κ3) is 4.57. The highest BCUT2D eigenvalue weighted by Gasteiger charge is 2.22. The maximum atomic E-state index is 12.7. The van der Waals surface area contributed by atoms with E-state index in [2.05, 4.69) is 33.9 Å². The Morgan fingerprint density at radius 2 is 1.90 bits per heavy atom. The minimum absolute atomic E-state index is 0.137. The Kier molecular flexibility index (Phi) is 6.06. The Bertz CT molecular complexity index is 983. The molecule has 29 heavy (non-hydrogen) atoms. The number of thioether (sulfide) groups is 1. The lowest BCUT2D eigenvalue weighted by Crippen LogP contribution is -2.49. The summed E-state index contributed by atoms with van der Waals surface area (Å²) in [6, 6.07) is 11.9. The first-order chi connectivity index (χ1) is 14.1. The van der Waals surface area contributed by atoms with Gasteiger partial charge in [0.05, 0.1) is 16.5 Å². The molecular weight excluding hydrogens is 406 g/mol. The maximum Gasteiger partial charge on any atom is 0.233 e. The second-order valence-electron chi connectivity index (χ2n) is 6.86. The van der Waals surface area contributed by atoms with Gasteiger partial charge in [0, 0.05) is 44.8 Å². The largest absolute Gasteiger partial charge is 0.353 e. The molecule has 150 valence electrons. The summed E-state index contributed by atoms with van der Waals surface area (Å²) in [7, 11) is 0. The molecule has 0 unspecified atom stereocenters. The van der Waals surface area contributed by atoms with Crippen LogP contribution in [0.1, 0.15) is 5.56 Å². The molecule has 0 atom stereocenters. The number of aromatic nitrogens is 3. The summed E-state index contributed by atoms with van der Waals surface area (Å²) in [6.45, 7) is 4.99. The molecule has 3 heterocycles. The predicted octanol–water partition coefficient (Wildman–Crippen LogP) is 3.67. The van der Waals surface area contributed by atoms with E-state index >= 15 is 0 Å². The van der Waals surface area contributed by atoms with Crippen LogP contribution in [0, 0.1) is 6.92 Å². The molecule has 2 aromatic heterocycles. The highest BCUT2D eigenvalue weighted by Crippen LogP contribution is 2.23. The number of para-hydroxylation sites is 1. The number of imidazole rings is 1. The molecule has 1 aliphatic heterocycles. The molecule has 6 nitrogen and oxygen atoms in total. The smallest absolute Gasteiger partial charge is 0.233 e. The fourth-order valence-corrected chi connectivity index (χ4v) is 4.35. The van der Waals surface area contributed by atoms with Crippen LogP contribution in [-0.2, 0) is 4.79 Å². The number of carbonyl (C=O) groups excluding carboxylic acids is 1. The van der Waals surface area contributed by atoms with Crippen molar-refractivity contribution >= 4 is 35.1 Å². The first-order valence-electron chi connectivity index (χ1n) is 9.48. The molecule has 0 N–H and O–H groups in total. The molecule has 1 saturated heterocycles. The second kappa shape index (κ2) is 8.88. The van der Waals surface area contributed by atoms with E-state index < -0.39 is 0 Å². The molecule has 8 heteroatoms. The standard InChI is InChI=1S/C21H22ClN5OS/c1-16-4-2-3-5-18(16)27-9-8-23-21(27)29-15-20(28)26-12-10-25(11-13-26)19-7-6-17(22)14-24-19/h2-9,14H,10-13,15H2,1H3. The van der Waals surface area contributed by atoms with Gasteiger partial charge in [0.2, 0.25) is 5.91 Å². The summed E-state index contributed by atoms with van der Waals surface area (Å²) in [6.07, 6.45) is 5.37. The predicted molar refractivity (Wildman–Crippen MR) is 117 cm³/mol. The summed E-state index contributed by atoms with van der Waals surface area (Å²) in [5.41, 5.74) is 2.26. The van der Waals surface area contributed by atoms with E-state index in [9.17, 15) is 4.79 Å². The summed E-state index contributed by atoms with van der Waals surface area (Å²) in [5, 5.41) is 1.46. The van der Waals surface area contributed by atoms with Crippen molar-refractivity contribution in [3.63, 3.8) is 0 Å². The highest BCUT2D eigenvalue weighted by molar-refractivity contribution is 7.99. The molecule has 0 spiro atoms. The zero-order valence-electron chi connectivity index (χ0n) is 16.2. The molecule has 3 aromatic rings. The van der Waals surface area contributed by atoms with E-state index in [1.165, 1.54) is 17.3 Å². The molecule has 0 radical (unpaired) electrons. The molecule has 0 bridgehead atoms. The number of aryl methyl sites for hydroxylation is 1. The topological polar surface area (TPSA) is 54.3 Å². The highest BCUT2D eigenvalue weighted by atomic mass is 35.5. The molecule has 1 aromatic carbocycles.